The van der Waals surface area contributed by atoms with Crippen LogP contribution in [0.2, 0.25) is 0 Å². The molecular formula is C5H9NO3. The Hall–Kier alpha value is -0.610. The van der Waals surface area contributed by atoms with Crippen LogP contribution in [0.3, 0.4) is 0 Å². The van der Waals surface area contributed by atoms with Crippen molar-refractivity contribution in [2.24, 2.45) is 0 Å². The lowest BCUT2D eigenvalue weighted by Crippen LogP contribution is -2.47. The fraction of sp³-hybridized carbons (Fsp3) is 0.800. The number of hydrogen-bond donors (Lipinski definition) is 3. The molecule has 0 aromatic heterocycles. The van der Waals surface area contributed by atoms with Gasteiger partial charge in [-0.15, -0.1) is 0 Å². The molecule has 1 rings (SSSR count). The average molecular weight is 131 g/mol. The van der Waals surface area contributed by atoms with E-state index in [1.54, 1.807) is 0 Å². The Bertz CT molecular complexity index is 125. The van der Waals surface area contributed by atoms with E-state index in [9.17, 15) is 4.79 Å². The number of rotatable bonds is 0. The van der Waals surface area contributed by atoms with Gasteiger partial charge in [-0.25, -0.2) is 0 Å². The third kappa shape index (κ3) is 1.40. The Labute approximate surface area is 52.5 Å². The van der Waals surface area contributed by atoms with Crippen molar-refractivity contribution in [1.29, 1.82) is 0 Å². The maximum Gasteiger partial charge on any atom is 0.222 e. The minimum atomic E-state index is -1.06. The topological polar surface area (TPSA) is 69.6 Å². The molecule has 0 spiro atoms. The molecule has 4 nitrogen and oxygen atoms in total. The van der Waals surface area contributed by atoms with Crippen molar-refractivity contribution < 1.29 is 15.0 Å². The molecule has 9 heavy (non-hydrogen) atoms. The maximum absolute atomic E-state index is 10.4. The number of piperidine rings is 1. The Morgan fingerprint density at radius 1 is 1.56 bits per heavy atom. The molecular weight excluding hydrogens is 122 g/mol. The highest BCUT2D eigenvalue weighted by atomic mass is 16.3. The quantitative estimate of drug-likeness (QED) is 0.377. The van der Waals surface area contributed by atoms with E-state index in [0.29, 0.717) is 12.8 Å². The molecule has 1 amide bonds. The van der Waals surface area contributed by atoms with E-state index in [1.165, 1.54) is 0 Å². The zero-order valence-corrected chi connectivity index (χ0v) is 4.87. The molecule has 0 radical (unpaired) electrons. The zero-order valence-electron chi connectivity index (χ0n) is 4.87. The lowest BCUT2D eigenvalue weighted by molar-refractivity contribution is -0.132. The summed E-state index contributed by atoms with van der Waals surface area (Å²) in [7, 11) is 0. The van der Waals surface area contributed by atoms with Crippen molar-refractivity contribution in [2.75, 3.05) is 0 Å². The second-order valence-electron chi connectivity index (χ2n) is 2.12. The first-order valence-electron chi connectivity index (χ1n) is 2.85. The van der Waals surface area contributed by atoms with E-state index in [-0.39, 0.29) is 5.91 Å². The van der Waals surface area contributed by atoms with Gasteiger partial charge in [0.25, 0.3) is 0 Å². The van der Waals surface area contributed by atoms with Gasteiger partial charge in [-0.1, -0.05) is 0 Å². The Morgan fingerprint density at radius 3 is 2.67 bits per heavy atom. The van der Waals surface area contributed by atoms with E-state index < -0.39 is 12.3 Å². The van der Waals surface area contributed by atoms with Crippen LogP contribution in [-0.2, 0) is 4.79 Å². The molecule has 2 atom stereocenters. The molecule has 0 saturated carbocycles. The second-order valence-corrected chi connectivity index (χ2v) is 2.12. The minimum Gasteiger partial charge on any atom is -0.388 e. The first kappa shape index (κ1) is 6.51. The summed E-state index contributed by atoms with van der Waals surface area (Å²) in [6.45, 7) is 0. The van der Waals surface area contributed by atoms with E-state index in [0.717, 1.165) is 0 Å². The van der Waals surface area contributed by atoms with Crippen molar-refractivity contribution in [3.8, 4) is 0 Å². The van der Waals surface area contributed by atoms with E-state index >= 15 is 0 Å². The zero-order chi connectivity index (χ0) is 6.85. The van der Waals surface area contributed by atoms with Crippen molar-refractivity contribution in [2.45, 2.75) is 25.2 Å². The molecule has 1 fully saturated rings. The maximum atomic E-state index is 10.4. The molecule has 52 valence electrons. The van der Waals surface area contributed by atoms with Gasteiger partial charge in [0.2, 0.25) is 5.91 Å². The van der Waals surface area contributed by atoms with Crippen LogP contribution < -0.4 is 5.32 Å². The van der Waals surface area contributed by atoms with Crippen molar-refractivity contribution >= 4 is 5.91 Å². The predicted molar refractivity (Wildman–Crippen MR) is 29.4 cm³/mol. The second kappa shape index (κ2) is 2.33. The average Bonchev–Trinajstić information content (AvgIpc) is 1.80. The van der Waals surface area contributed by atoms with Gasteiger partial charge >= 0.3 is 0 Å². The van der Waals surface area contributed by atoms with Gasteiger partial charge in [0, 0.05) is 6.42 Å². The number of aliphatic hydroxyl groups excluding tert-OH is 2. The highest BCUT2D eigenvalue weighted by Gasteiger charge is 2.23. The first-order chi connectivity index (χ1) is 4.20. The number of hydrogen-bond acceptors (Lipinski definition) is 3. The Morgan fingerprint density at radius 2 is 2.22 bits per heavy atom. The van der Waals surface area contributed by atoms with Gasteiger partial charge in [0.1, 0.15) is 0 Å². The number of nitrogens with one attached hydrogen (secondary N) is 1. The highest BCUT2D eigenvalue weighted by molar-refractivity contribution is 5.76. The largest absolute Gasteiger partial charge is 0.388 e. The van der Waals surface area contributed by atoms with Gasteiger partial charge in [0.15, 0.2) is 6.23 Å². The van der Waals surface area contributed by atoms with Gasteiger partial charge in [0.05, 0.1) is 6.10 Å². The number of aliphatic hydroxyl groups is 2. The Kier molecular flexibility index (Phi) is 1.68. The van der Waals surface area contributed by atoms with Gasteiger partial charge in [-0.05, 0) is 6.42 Å². The lowest BCUT2D eigenvalue weighted by Gasteiger charge is -2.23. The van der Waals surface area contributed by atoms with Crippen LogP contribution in [-0.4, -0.2) is 28.5 Å². The number of carbonyl (C=O) groups excluding carboxylic acids is 1. The molecule has 1 aliphatic heterocycles. The smallest absolute Gasteiger partial charge is 0.222 e. The van der Waals surface area contributed by atoms with E-state index in [1.807, 2.05) is 0 Å². The monoisotopic (exact) mass is 131 g/mol. The molecule has 0 aliphatic carbocycles. The van der Waals surface area contributed by atoms with Crippen LogP contribution >= 0.6 is 0 Å². The van der Waals surface area contributed by atoms with Gasteiger partial charge < -0.3 is 15.5 Å². The van der Waals surface area contributed by atoms with Crippen LogP contribution in [0.4, 0.5) is 0 Å². The summed E-state index contributed by atoms with van der Waals surface area (Å²) in [5.41, 5.74) is 0. The minimum absolute atomic E-state index is 0.201. The van der Waals surface area contributed by atoms with Crippen LogP contribution in [0, 0.1) is 0 Å². The third-order valence-electron chi connectivity index (χ3n) is 1.34. The van der Waals surface area contributed by atoms with Gasteiger partial charge in [-0.3, -0.25) is 4.79 Å². The van der Waals surface area contributed by atoms with E-state index in [2.05, 4.69) is 5.32 Å². The first-order valence-corrected chi connectivity index (χ1v) is 2.85. The summed E-state index contributed by atoms with van der Waals surface area (Å²) >= 11 is 0. The molecule has 2 unspecified atom stereocenters. The number of carbonyl (C=O) groups is 1. The standard InChI is InChI=1S/C5H9NO3/c7-3-1-2-4(8)6-5(3)9/h3,5,7,9H,1-2H2,(H,6,8). The van der Waals surface area contributed by atoms with Crippen molar-refractivity contribution in [1.82, 2.24) is 5.32 Å². The molecule has 1 saturated heterocycles. The molecule has 3 N–H and O–H groups in total. The summed E-state index contributed by atoms with van der Waals surface area (Å²) < 4.78 is 0. The van der Waals surface area contributed by atoms with Crippen molar-refractivity contribution in [3.63, 3.8) is 0 Å². The highest BCUT2D eigenvalue weighted by Crippen LogP contribution is 2.06. The molecule has 1 heterocycles. The molecule has 0 aromatic carbocycles. The van der Waals surface area contributed by atoms with Crippen LogP contribution in [0.15, 0.2) is 0 Å². The fourth-order valence-corrected chi connectivity index (χ4v) is 0.770. The summed E-state index contributed by atoms with van der Waals surface area (Å²) in [6.07, 6.45) is -1.19. The van der Waals surface area contributed by atoms with E-state index in [4.69, 9.17) is 10.2 Å². The van der Waals surface area contributed by atoms with Crippen LogP contribution in [0.25, 0.3) is 0 Å². The van der Waals surface area contributed by atoms with Crippen LogP contribution in [0.1, 0.15) is 12.8 Å². The van der Waals surface area contributed by atoms with Crippen molar-refractivity contribution in [3.05, 3.63) is 0 Å². The lowest BCUT2D eigenvalue weighted by atomic mass is 10.1. The number of amides is 1. The predicted octanol–water partition coefficient (Wildman–Crippen LogP) is -1.42. The summed E-state index contributed by atoms with van der Waals surface area (Å²) in [5, 5.41) is 19.8. The molecule has 1 aliphatic rings. The van der Waals surface area contributed by atoms with Crippen LogP contribution in [0.5, 0.6) is 0 Å². The van der Waals surface area contributed by atoms with Gasteiger partial charge in [-0.2, -0.15) is 0 Å². The molecule has 0 aromatic rings. The SMILES string of the molecule is O=C1CCC(O)C(O)N1. The molecule has 4 heteroatoms. The normalized spacial score (nSPS) is 36.0. The Balaban J connectivity index is 2.44. The summed E-state index contributed by atoms with van der Waals surface area (Å²) in [4.78, 5) is 10.4. The summed E-state index contributed by atoms with van der Waals surface area (Å²) in [6, 6.07) is 0. The third-order valence-corrected chi connectivity index (χ3v) is 1.34. The fourth-order valence-electron chi connectivity index (χ4n) is 0.770. The molecule has 0 bridgehead atoms. The summed E-state index contributed by atoms with van der Waals surface area (Å²) in [5.74, 6) is -0.201.